The van der Waals surface area contributed by atoms with E-state index in [-0.39, 0.29) is 17.5 Å². The summed E-state index contributed by atoms with van der Waals surface area (Å²) < 4.78 is 12.4. The van der Waals surface area contributed by atoms with Gasteiger partial charge in [-0.05, 0) is 87.6 Å². The predicted octanol–water partition coefficient (Wildman–Crippen LogP) is 6.41. The van der Waals surface area contributed by atoms with Gasteiger partial charge in [-0.2, -0.15) is 0 Å². The Labute approximate surface area is 186 Å². The molecule has 4 aliphatic carbocycles. The van der Waals surface area contributed by atoms with Crippen molar-refractivity contribution in [1.29, 1.82) is 0 Å². The van der Waals surface area contributed by atoms with Crippen molar-refractivity contribution < 1.29 is 14.0 Å². The van der Waals surface area contributed by atoms with E-state index in [0.717, 1.165) is 29.1 Å². The number of allylic oxidation sites excluding steroid dienone is 1. The van der Waals surface area contributed by atoms with Crippen LogP contribution in [0.2, 0.25) is 13.1 Å². The van der Waals surface area contributed by atoms with Gasteiger partial charge in [0.05, 0.1) is 6.10 Å². The highest BCUT2D eigenvalue weighted by Crippen LogP contribution is 2.65. The second kappa shape index (κ2) is 7.77. The molecule has 0 aromatic heterocycles. The van der Waals surface area contributed by atoms with Crippen LogP contribution in [0.25, 0.3) is 0 Å². The Bertz CT molecular complexity index is 692. The van der Waals surface area contributed by atoms with Gasteiger partial charge in [0.2, 0.25) is 0 Å². The average Bonchev–Trinajstić information content (AvgIpc) is 2.98. The fraction of sp³-hybridized carbons (Fsp3) is 0.875. The van der Waals surface area contributed by atoms with Gasteiger partial charge in [0.25, 0.3) is 0 Å². The van der Waals surface area contributed by atoms with Crippen LogP contribution < -0.4 is 0 Å². The van der Waals surface area contributed by atoms with Crippen LogP contribution in [0.3, 0.4) is 0 Å². The van der Waals surface area contributed by atoms with Crippen molar-refractivity contribution in [2.75, 3.05) is 4.95 Å². The molecule has 164 valence electrons. The first-order valence-electron chi connectivity index (χ1n) is 11.7. The van der Waals surface area contributed by atoms with E-state index >= 15 is 0 Å². The standard InChI is InChI=1S/C24H39BrO3Si/c1-16(26)27-22-9-8-20-19-7-6-17-14-18(28-29(4,5)15-25)10-12-23(17,2)21(19)11-13-24(20,22)3/h14,18-22H,6-13,15H2,1-5H3/t18-,19+,20+,21+,22+,23+,24+/m1/s1. The molecule has 3 nitrogen and oxygen atoms in total. The summed E-state index contributed by atoms with van der Waals surface area (Å²) >= 11 is 3.66. The number of fused-ring (bicyclic) bond motifs is 5. The van der Waals surface area contributed by atoms with E-state index in [4.69, 9.17) is 9.16 Å². The number of alkyl halides is 1. The van der Waals surface area contributed by atoms with E-state index in [1.54, 1.807) is 12.5 Å². The van der Waals surface area contributed by atoms with Gasteiger partial charge < -0.3 is 9.16 Å². The summed E-state index contributed by atoms with van der Waals surface area (Å²) in [7, 11) is -1.60. The number of rotatable bonds is 4. The van der Waals surface area contributed by atoms with Gasteiger partial charge >= 0.3 is 5.97 Å². The summed E-state index contributed by atoms with van der Waals surface area (Å²) in [6, 6.07) is 0. The van der Waals surface area contributed by atoms with E-state index < -0.39 is 8.32 Å². The molecule has 0 saturated heterocycles. The van der Waals surface area contributed by atoms with Crippen molar-refractivity contribution in [3.05, 3.63) is 11.6 Å². The van der Waals surface area contributed by atoms with Crippen LogP contribution in [0.4, 0.5) is 0 Å². The van der Waals surface area contributed by atoms with E-state index in [1.165, 1.54) is 44.9 Å². The summed E-state index contributed by atoms with van der Waals surface area (Å²) in [5.41, 5.74) is 2.23. The summed E-state index contributed by atoms with van der Waals surface area (Å²) in [6.45, 7) is 11.2. The Balaban J connectivity index is 1.53. The molecule has 0 aromatic carbocycles. The number of esters is 1. The van der Waals surface area contributed by atoms with Gasteiger partial charge in [-0.25, -0.2) is 0 Å². The molecule has 0 aliphatic heterocycles. The predicted molar refractivity (Wildman–Crippen MR) is 123 cm³/mol. The molecule has 4 aliphatic rings. The summed E-state index contributed by atoms with van der Waals surface area (Å²) in [5.74, 6) is 2.20. The molecular formula is C24H39BrO3Si. The highest BCUT2D eigenvalue weighted by Gasteiger charge is 2.59. The number of carbonyl (C=O) groups excluding carboxylic acids is 1. The topological polar surface area (TPSA) is 35.5 Å². The van der Waals surface area contributed by atoms with Crippen molar-refractivity contribution in [3.8, 4) is 0 Å². The van der Waals surface area contributed by atoms with Crippen LogP contribution in [0.5, 0.6) is 0 Å². The minimum absolute atomic E-state index is 0.104. The van der Waals surface area contributed by atoms with Crippen LogP contribution in [0.1, 0.15) is 72.1 Å². The number of hydrogen-bond acceptors (Lipinski definition) is 3. The molecule has 0 bridgehead atoms. The lowest BCUT2D eigenvalue weighted by atomic mass is 9.47. The zero-order valence-corrected chi connectivity index (χ0v) is 21.5. The molecule has 3 saturated carbocycles. The third-order valence-corrected chi connectivity index (χ3v) is 14.7. The summed E-state index contributed by atoms with van der Waals surface area (Å²) in [5, 5.41) is 0. The number of hydrogen-bond donors (Lipinski definition) is 0. The van der Waals surface area contributed by atoms with Crippen molar-refractivity contribution in [1.82, 2.24) is 0 Å². The van der Waals surface area contributed by atoms with E-state index in [1.807, 2.05) is 0 Å². The molecule has 3 fully saturated rings. The minimum atomic E-state index is -1.60. The van der Waals surface area contributed by atoms with Crippen molar-refractivity contribution in [2.45, 2.75) is 97.4 Å². The zero-order chi connectivity index (χ0) is 21.0. The monoisotopic (exact) mass is 482 g/mol. The highest BCUT2D eigenvalue weighted by molar-refractivity contribution is 9.09. The Kier molecular flexibility index (Phi) is 5.92. The molecule has 5 heteroatoms. The van der Waals surface area contributed by atoms with Gasteiger partial charge in [-0.1, -0.05) is 41.4 Å². The van der Waals surface area contributed by atoms with E-state index in [2.05, 4.69) is 48.9 Å². The Hall–Kier alpha value is -0.133. The van der Waals surface area contributed by atoms with Crippen molar-refractivity contribution in [2.24, 2.45) is 28.6 Å². The van der Waals surface area contributed by atoms with Crippen LogP contribution in [0.15, 0.2) is 11.6 Å². The second-order valence-electron chi connectivity index (χ2n) is 11.3. The molecule has 0 spiro atoms. The molecule has 0 amide bonds. The average molecular weight is 484 g/mol. The third kappa shape index (κ3) is 3.82. The van der Waals surface area contributed by atoms with Gasteiger partial charge in [0, 0.05) is 17.3 Å². The maximum absolute atomic E-state index is 11.6. The zero-order valence-electron chi connectivity index (χ0n) is 18.9. The number of carbonyl (C=O) groups is 1. The van der Waals surface area contributed by atoms with Crippen molar-refractivity contribution in [3.63, 3.8) is 0 Å². The molecule has 29 heavy (non-hydrogen) atoms. The normalized spacial score (nSPS) is 44.3. The van der Waals surface area contributed by atoms with Gasteiger partial charge in [0.15, 0.2) is 8.32 Å². The van der Waals surface area contributed by atoms with Crippen LogP contribution in [-0.2, 0) is 14.0 Å². The lowest BCUT2D eigenvalue weighted by Gasteiger charge is -2.58. The van der Waals surface area contributed by atoms with Crippen LogP contribution in [-0.4, -0.2) is 31.4 Å². The largest absolute Gasteiger partial charge is 0.462 e. The smallest absolute Gasteiger partial charge is 0.302 e. The van der Waals surface area contributed by atoms with Crippen LogP contribution in [0, 0.1) is 28.6 Å². The second-order valence-corrected chi connectivity index (χ2v) is 17.0. The molecule has 0 heterocycles. The lowest BCUT2D eigenvalue weighted by molar-refractivity contribution is -0.157. The van der Waals surface area contributed by atoms with E-state index in [0.29, 0.717) is 11.5 Å². The lowest BCUT2D eigenvalue weighted by Crippen LogP contribution is -2.52. The summed E-state index contributed by atoms with van der Waals surface area (Å²) in [4.78, 5) is 12.7. The SMILES string of the molecule is CC(=O)O[C@H]1CC[C@H]2[C@@H]3CCC4=C[C@H](O[Si](C)(C)CBr)CC[C@]4(C)[C@H]3CC[C@]12C. The molecule has 4 rings (SSSR count). The van der Waals surface area contributed by atoms with Crippen LogP contribution >= 0.6 is 15.9 Å². The molecular weight excluding hydrogens is 444 g/mol. The van der Waals surface area contributed by atoms with Gasteiger partial charge in [-0.15, -0.1) is 0 Å². The minimum Gasteiger partial charge on any atom is -0.462 e. The Morgan fingerprint density at radius 3 is 2.59 bits per heavy atom. The molecule has 7 atom stereocenters. The Morgan fingerprint density at radius 1 is 1.14 bits per heavy atom. The quantitative estimate of drug-likeness (QED) is 0.201. The van der Waals surface area contributed by atoms with E-state index in [9.17, 15) is 4.79 Å². The van der Waals surface area contributed by atoms with Gasteiger partial charge in [0.1, 0.15) is 6.10 Å². The molecule has 0 unspecified atom stereocenters. The first-order valence-corrected chi connectivity index (χ1v) is 15.9. The third-order valence-electron chi connectivity index (χ3n) is 9.08. The maximum Gasteiger partial charge on any atom is 0.302 e. The van der Waals surface area contributed by atoms with Gasteiger partial charge in [-0.3, -0.25) is 4.79 Å². The number of halogens is 1. The maximum atomic E-state index is 11.6. The molecule has 0 N–H and O–H groups in total. The number of ether oxygens (including phenoxy) is 1. The molecule has 0 aromatic rings. The fourth-order valence-corrected chi connectivity index (χ4v) is 9.04. The fourth-order valence-electron chi connectivity index (χ4n) is 7.58. The first-order chi connectivity index (χ1) is 13.6. The first kappa shape index (κ1) is 22.1. The van der Waals surface area contributed by atoms with Crippen molar-refractivity contribution >= 4 is 30.2 Å². The Morgan fingerprint density at radius 2 is 1.90 bits per heavy atom. The highest BCUT2D eigenvalue weighted by atomic mass is 79.9. The molecule has 0 radical (unpaired) electrons. The summed E-state index contributed by atoms with van der Waals surface area (Å²) in [6.07, 6.45) is 12.8.